The highest BCUT2D eigenvalue weighted by Crippen LogP contribution is 2.25. The highest BCUT2D eigenvalue weighted by atomic mass is 127. The lowest BCUT2D eigenvalue weighted by Gasteiger charge is -2.35. The van der Waals surface area contributed by atoms with Crippen molar-refractivity contribution in [3.63, 3.8) is 0 Å². The molecule has 0 amide bonds. The first-order valence-corrected chi connectivity index (χ1v) is 8.98. The molecular formula is C13H19IN2O2S. The maximum atomic E-state index is 12.5. The van der Waals surface area contributed by atoms with E-state index in [9.17, 15) is 8.42 Å². The second-order valence-electron chi connectivity index (χ2n) is 4.94. The van der Waals surface area contributed by atoms with Crippen LogP contribution in [0.1, 0.15) is 19.8 Å². The lowest BCUT2D eigenvalue weighted by Crippen LogP contribution is -2.48. The zero-order valence-electron chi connectivity index (χ0n) is 10.9. The summed E-state index contributed by atoms with van der Waals surface area (Å²) in [6.45, 7) is 3.11. The summed E-state index contributed by atoms with van der Waals surface area (Å²) < 4.78 is 27.7. The van der Waals surface area contributed by atoms with Crippen molar-refractivity contribution in [1.82, 2.24) is 4.31 Å². The van der Waals surface area contributed by atoms with Crippen molar-refractivity contribution >= 4 is 32.6 Å². The minimum atomic E-state index is -3.37. The fourth-order valence-corrected chi connectivity index (χ4v) is 4.29. The molecular weight excluding hydrogens is 375 g/mol. The summed E-state index contributed by atoms with van der Waals surface area (Å²) in [6, 6.07) is 7.10. The Balaban J connectivity index is 2.23. The first-order chi connectivity index (χ1) is 8.95. The van der Waals surface area contributed by atoms with Gasteiger partial charge in [0.1, 0.15) is 0 Å². The van der Waals surface area contributed by atoms with Gasteiger partial charge in [-0.25, -0.2) is 8.42 Å². The molecule has 1 heterocycles. The third-order valence-electron chi connectivity index (χ3n) is 3.73. The molecule has 4 nitrogen and oxygen atoms in total. The van der Waals surface area contributed by atoms with Crippen molar-refractivity contribution in [1.29, 1.82) is 0 Å². The fourth-order valence-electron chi connectivity index (χ4n) is 2.42. The molecule has 0 radical (unpaired) electrons. The summed E-state index contributed by atoms with van der Waals surface area (Å²) in [5.74, 6) is 0.257. The second-order valence-corrected chi connectivity index (χ2v) is 8.12. The van der Waals surface area contributed by atoms with Crippen molar-refractivity contribution in [3.8, 4) is 0 Å². The average molecular weight is 394 g/mol. The van der Waals surface area contributed by atoms with Crippen molar-refractivity contribution in [2.45, 2.75) is 30.7 Å². The Morgan fingerprint density at radius 1 is 1.37 bits per heavy atom. The van der Waals surface area contributed by atoms with Gasteiger partial charge in [0.2, 0.25) is 10.0 Å². The molecule has 1 fully saturated rings. The van der Waals surface area contributed by atoms with Crippen LogP contribution in [0.25, 0.3) is 0 Å². The van der Waals surface area contributed by atoms with Gasteiger partial charge in [0.15, 0.2) is 0 Å². The number of benzene rings is 1. The van der Waals surface area contributed by atoms with Gasteiger partial charge in [-0.05, 0) is 59.2 Å². The number of sulfonamides is 1. The maximum absolute atomic E-state index is 12.5. The SMILES string of the molecule is CCC1CN(S(=O)(=O)c2ccc(I)cc2)CCC1N. The molecule has 1 aliphatic heterocycles. The van der Waals surface area contributed by atoms with Gasteiger partial charge in [-0.1, -0.05) is 13.3 Å². The number of hydrogen-bond donors (Lipinski definition) is 1. The van der Waals surface area contributed by atoms with Gasteiger partial charge >= 0.3 is 0 Å². The average Bonchev–Trinajstić information content (AvgIpc) is 2.39. The van der Waals surface area contributed by atoms with Crippen LogP contribution < -0.4 is 5.73 Å². The maximum Gasteiger partial charge on any atom is 0.243 e. The molecule has 0 aliphatic carbocycles. The number of piperidine rings is 1. The van der Waals surface area contributed by atoms with Crippen LogP contribution in [-0.4, -0.2) is 31.9 Å². The van der Waals surface area contributed by atoms with Crippen molar-refractivity contribution < 1.29 is 8.42 Å². The summed E-state index contributed by atoms with van der Waals surface area (Å²) in [5, 5.41) is 0. The zero-order chi connectivity index (χ0) is 14.0. The van der Waals surface area contributed by atoms with E-state index < -0.39 is 10.0 Å². The van der Waals surface area contributed by atoms with Gasteiger partial charge < -0.3 is 5.73 Å². The number of nitrogens with two attached hydrogens (primary N) is 1. The summed E-state index contributed by atoms with van der Waals surface area (Å²) in [7, 11) is -3.37. The van der Waals surface area contributed by atoms with Gasteiger partial charge in [0.25, 0.3) is 0 Å². The molecule has 0 spiro atoms. The van der Waals surface area contributed by atoms with E-state index in [2.05, 4.69) is 29.5 Å². The highest BCUT2D eigenvalue weighted by Gasteiger charge is 2.33. The molecule has 2 unspecified atom stereocenters. The van der Waals surface area contributed by atoms with Gasteiger partial charge in [0, 0.05) is 22.7 Å². The van der Waals surface area contributed by atoms with Gasteiger partial charge in [-0.3, -0.25) is 0 Å². The standard InChI is InChI=1S/C13H19IN2O2S/c1-2-10-9-16(8-7-13(10)15)19(17,18)12-5-3-11(14)4-6-12/h3-6,10,13H,2,7-9,15H2,1H3. The van der Waals surface area contributed by atoms with E-state index >= 15 is 0 Å². The zero-order valence-corrected chi connectivity index (χ0v) is 13.9. The molecule has 1 aromatic carbocycles. The smallest absolute Gasteiger partial charge is 0.243 e. The Morgan fingerprint density at radius 2 is 2.00 bits per heavy atom. The van der Waals surface area contributed by atoms with E-state index in [0.29, 0.717) is 18.0 Å². The Bertz CT molecular complexity index is 530. The minimum Gasteiger partial charge on any atom is -0.327 e. The predicted molar refractivity (Wildman–Crippen MR) is 84.3 cm³/mol. The number of nitrogens with zero attached hydrogens (tertiary/aromatic N) is 1. The topological polar surface area (TPSA) is 63.4 Å². The molecule has 0 saturated carbocycles. The largest absolute Gasteiger partial charge is 0.327 e. The molecule has 0 aromatic heterocycles. The van der Waals surface area contributed by atoms with Crippen LogP contribution in [-0.2, 0) is 10.0 Å². The quantitative estimate of drug-likeness (QED) is 0.799. The fraction of sp³-hybridized carbons (Fsp3) is 0.538. The molecule has 6 heteroatoms. The van der Waals surface area contributed by atoms with Crippen LogP contribution >= 0.6 is 22.6 Å². The van der Waals surface area contributed by atoms with Crippen LogP contribution in [0.5, 0.6) is 0 Å². The molecule has 2 atom stereocenters. The normalized spacial score (nSPS) is 25.4. The third kappa shape index (κ3) is 3.29. The molecule has 2 N–H and O–H groups in total. The Morgan fingerprint density at radius 3 is 2.58 bits per heavy atom. The third-order valence-corrected chi connectivity index (χ3v) is 6.33. The molecule has 106 valence electrons. The molecule has 19 heavy (non-hydrogen) atoms. The number of rotatable bonds is 3. The summed E-state index contributed by atoms with van der Waals surface area (Å²) in [6.07, 6.45) is 1.65. The number of hydrogen-bond acceptors (Lipinski definition) is 3. The highest BCUT2D eigenvalue weighted by molar-refractivity contribution is 14.1. The van der Waals surface area contributed by atoms with Crippen LogP contribution in [0.4, 0.5) is 0 Å². The monoisotopic (exact) mass is 394 g/mol. The van der Waals surface area contributed by atoms with Crippen molar-refractivity contribution in [3.05, 3.63) is 27.8 Å². The molecule has 2 rings (SSSR count). The summed E-state index contributed by atoms with van der Waals surface area (Å²) in [4.78, 5) is 0.373. The molecule has 0 bridgehead atoms. The second kappa shape index (κ2) is 6.07. The van der Waals surface area contributed by atoms with Gasteiger partial charge in [0.05, 0.1) is 4.90 Å². The van der Waals surface area contributed by atoms with E-state index in [1.165, 1.54) is 0 Å². The lowest BCUT2D eigenvalue weighted by atomic mass is 9.92. The van der Waals surface area contributed by atoms with Crippen LogP contribution in [0.2, 0.25) is 0 Å². The molecule has 1 aliphatic rings. The summed E-state index contributed by atoms with van der Waals surface area (Å²) >= 11 is 2.17. The predicted octanol–water partition coefficient (Wildman–Crippen LogP) is 2.04. The first kappa shape index (κ1) is 15.2. The Labute approximate surface area is 128 Å². The first-order valence-electron chi connectivity index (χ1n) is 6.46. The van der Waals surface area contributed by atoms with Crippen LogP contribution in [0.15, 0.2) is 29.2 Å². The van der Waals surface area contributed by atoms with Crippen LogP contribution in [0.3, 0.4) is 0 Å². The van der Waals surface area contributed by atoms with Gasteiger partial charge in [-0.2, -0.15) is 4.31 Å². The summed E-state index contributed by atoms with van der Waals surface area (Å²) in [5.41, 5.74) is 6.03. The van der Waals surface area contributed by atoms with E-state index in [4.69, 9.17) is 5.73 Å². The molecule has 1 saturated heterocycles. The Kier molecular flexibility index (Phi) is 4.86. The number of halogens is 1. The van der Waals surface area contributed by atoms with Crippen molar-refractivity contribution in [2.24, 2.45) is 11.7 Å². The molecule has 1 aromatic rings. The van der Waals surface area contributed by atoms with Crippen molar-refractivity contribution in [2.75, 3.05) is 13.1 Å². The van der Waals surface area contributed by atoms with E-state index in [-0.39, 0.29) is 12.0 Å². The van der Waals surface area contributed by atoms with E-state index in [1.54, 1.807) is 16.4 Å². The van der Waals surface area contributed by atoms with E-state index in [1.807, 2.05) is 12.1 Å². The minimum absolute atomic E-state index is 0.119. The lowest BCUT2D eigenvalue weighted by molar-refractivity contribution is 0.230. The van der Waals surface area contributed by atoms with E-state index in [0.717, 1.165) is 16.4 Å². The van der Waals surface area contributed by atoms with Gasteiger partial charge in [-0.15, -0.1) is 0 Å². The Hall–Kier alpha value is -0.180. The van der Waals surface area contributed by atoms with Crippen LogP contribution in [0, 0.1) is 9.49 Å².